The molecule has 0 saturated carbocycles. The molecule has 4 heteroatoms. The van der Waals surface area contributed by atoms with Gasteiger partial charge in [0.25, 0.3) is 0 Å². The molecule has 1 heterocycles. The SMILES string of the molecule is O=C(CCc1ccco1)NCc1ccc(COc2ccccc2)cc1. The summed E-state index contributed by atoms with van der Waals surface area (Å²) in [5.74, 6) is 1.71. The van der Waals surface area contributed by atoms with Crippen LogP contribution in [0.2, 0.25) is 0 Å². The highest BCUT2D eigenvalue weighted by atomic mass is 16.5. The van der Waals surface area contributed by atoms with Gasteiger partial charge in [0.05, 0.1) is 6.26 Å². The molecule has 4 nitrogen and oxygen atoms in total. The molecular weight excluding hydrogens is 314 g/mol. The lowest BCUT2D eigenvalue weighted by Gasteiger charge is -2.08. The second kappa shape index (κ2) is 8.73. The van der Waals surface area contributed by atoms with E-state index in [-0.39, 0.29) is 5.91 Å². The molecule has 0 unspecified atom stereocenters. The van der Waals surface area contributed by atoms with Crippen molar-refractivity contribution in [3.05, 3.63) is 89.9 Å². The van der Waals surface area contributed by atoms with Gasteiger partial charge in [-0.15, -0.1) is 0 Å². The zero-order valence-corrected chi connectivity index (χ0v) is 14.0. The Kier molecular flexibility index (Phi) is 5.88. The summed E-state index contributed by atoms with van der Waals surface area (Å²) >= 11 is 0. The molecule has 3 rings (SSSR count). The largest absolute Gasteiger partial charge is 0.489 e. The molecule has 2 aromatic carbocycles. The van der Waals surface area contributed by atoms with E-state index >= 15 is 0 Å². The number of nitrogens with one attached hydrogen (secondary N) is 1. The molecule has 1 aromatic heterocycles. The van der Waals surface area contributed by atoms with Crippen LogP contribution >= 0.6 is 0 Å². The number of aryl methyl sites for hydroxylation is 1. The average molecular weight is 335 g/mol. The summed E-state index contributed by atoms with van der Waals surface area (Å²) in [5, 5.41) is 2.93. The van der Waals surface area contributed by atoms with Crippen molar-refractivity contribution in [3.63, 3.8) is 0 Å². The summed E-state index contributed by atoms with van der Waals surface area (Å²) in [4.78, 5) is 11.9. The minimum atomic E-state index is 0.0212. The fourth-order valence-electron chi connectivity index (χ4n) is 2.42. The molecule has 25 heavy (non-hydrogen) atoms. The Morgan fingerprint density at radius 3 is 2.40 bits per heavy atom. The van der Waals surface area contributed by atoms with Gasteiger partial charge in [-0.05, 0) is 35.4 Å². The highest BCUT2D eigenvalue weighted by Crippen LogP contribution is 2.12. The first-order valence-corrected chi connectivity index (χ1v) is 8.34. The van der Waals surface area contributed by atoms with E-state index in [2.05, 4.69) is 5.32 Å². The smallest absolute Gasteiger partial charge is 0.220 e. The Morgan fingerprint density at radius 1 is 0.920 bits per heavy atom. The summed E-state index contributed by atoms with van der Waals surface area (Å²) in [6, 6.07) is 21.5. The number of carbonyl (C=O) groups excluding carboxylic acids is 1. The van der Waals surface area contributed by atoms with Crippen LogP contribution in [-0.2, 0) is 24.4 Å². The van der Waals surface area contributed by atoms with Crippen molar-refractivity contribution in [1.82, 2.24) is 5.32 Å². The third-order valence-corrected chi connectivity index (χ3v) is 3.84. The molecule has 0 radical (unpaired) electrons. The first kappa shape index (κ1) is 16.8. The first-order chi connectivity index (χ1) is 12.3. The molecule has 128 valence electrons. The molecule has 0 atom stereocenters. The molecule has 1 N–H and O–H groups in total. The van der Waals surface area contributed by atoms with E-state index < -0.39 is 0 Å². The standard InChI is InChI=1S/C21H21NO3/c23-21(13-12-20-7-4-14-24-20)22-15-17-8-10-18(11-9-17)16-25-19-5-2-1-3-6-19/h1-11,14H,12-13,15-16H2,(H,22,23). The van der Waals surface area contributed by atoms with Crippen LogP contribution in [0.3, 0.4) is 0 Å². The monoisotopic (exact) mass is 335 g/mol. The fourth-order valence-corrected chi connectivity index (χ4v) is 2.42. The fraction of sp³-hybridized carbons (Fsp3) is 0.190. The third kappa shape index (κ3) is 5.53. The number of hydrogen-bond donors (Lipinski definition) is 1. The topological polar surface area (TPSA) is 51.5 Å². The van der Waals surface area contributed by atoms with Gasteiger partial charge >= 0.3 is 0 Å². The zero-order chi connectivity index (χ0) is 17.3. The van der Waals surface area contributed by atoms with E-state index in [9.17, 15) is 4.79 Å². The summed E-state index contributed by atoms with van der Waals surface area (Å²) in [6.07, 6.45) is 2.67. The van der Waals surface area contributed by atoms with E-state index in [4.69, 9.17) is 9.15 Å². The van der Waals surface area contributed by atoms with Crippen LogP contribution in [0.5, 0.6) is 5.75 Å². The predicted molar refractivity (Wildman–Crippen MR) is 96.1 cm³/mol. The molecule has 0 fully saturated rings. The van der Waals surface area contributed by atoms with Gasteiger partial charge in [0, 0.05) is 19.4 Å². The first-order valence-electron chi connectivity index (χ1n) is 8.34. The van der Waals surface area contributed by atoms with Gasteiger partial charge in [-0.3, -0.25) is 4.79 Å². The molecule has 3 aromatic rings. The molecule has 1 amide bonds. The Bertz CT molecular complexity index is 765. The van der Waals surface area contributed by atoms with Crippen LogP contribution < -0.4 is 10.1 Å². The Morgan fingerprint density at radius 2 is 1.68 bits per heavy atom. The average Bonchev–Trinajstić information content (AvgIpc) is 3.18. The van der Waals surface area contributed by atoms with Crippen molar-refractivity contribution in [3.8, 4) is 5.75 Å². The number of amides is 1. The highest BCUT2D eigenvalue weighted by Gasteiger charge is 2.04. The van der Waals surface area contributed by atoms with Gasteiger partial charge in [0.1, 0.15) is 18.1 Å². The maximum absolute atomic E-state index is 11.9. The van der Waals surface area contributed by atoms with Crippen molar-refractivity contribution in [2.45, 2.75) is 26.0 Å². The van der Waals surface area contributed by atoms with Crippen LogP contribution in [-0.4, -0.2) is 5.91 Å². The summed E-state index contributed by atoms with van der Waals surface area (Å²) in [5.41, 5.74) is 2.16. The highest BCUT2D eigenvalue weighted by molar-refractivity contribution is 5.76. The lowest BCUT2D eigenvalue weighted by Crippen LogP contribution is -2.22. The van der Waals surface area contributed by atoms with Crippen molar-refractivity contribution in [2.75, 3.05) is 0 Å². The molecule has 0 aliphatic carbocycles. The molecule has 0 saturated heterocycles. The van der Waals surface area contributed by atoms with E-state index in [1.165, 1.54) is 0 Å². The van der Waals surface area contributed by atoms with Crippen LogP contribution in [0.25, 0.3) is 0 Å². The summed E-state index contributed by atoms with van der Waals surface area (Å²) in [6.45, 7) is 1.05. The van der Waals surface area contributed by atoms with E-state index in [0.29, 0.717) is 26.0 Å². The molecule has 0 bridgehead atoms. The normalized spacial score (nSPS) is 10.4. The molecule has 0 aliphatic rings. The lowest BCUT2D eigenvalue weighted by atomic mass is 10.1. The van der Waals surface area contributed by atoms with Gasteiger partial charge in [-0.1, -0.05) is 42.5 Å². The second-order valence-electron chi connectivity index (χ2n) is 5.77. The van der Waals surface area contributed by atoms with Gasteiger partial charge in [-0.2, -0.15) is 0 Å². The van der Waals surface area contributed by atoms with Gasteiger partial charge < -0.3 is 14.5 Å². The number of rotatable bonds is 8. The number of ether oxygens (including phenoxy) is 1. The van der Waals surface area contributed by atoms with Crippen LogP contribution in [0.1, 0.15) is 23.3 Å². The summed E-state index contributed by atoms with van der Waals surface area (Å²) < 4.78 is 10.9. The van der Waals surface area contributed by atoms with Crippen molar-refractivity contribution in [1.29, 1.82) is 0 Å². The van der Waals surface area contributed by atoms with E-state index in [1.807, 2.05) is 66.7 Å². The van der Waals surface area contributed by atoms with Gasteiger partial charge in [0.15, 0.2) is 0 Å². The van der Waals surface area contributed by atoms with Crippen LogP contribution in [0.15, 0.2) is 77.4 Å². The van der Waals surface area contributed by atoms with Crippen molar-refractivity contribution in [2.24, 2.45) is 0 Å². The Hall–Kier alpha value is -3.01. The van der Waals surface area contributed by atoms with Gasteiger partial charge in [-0.25, -0.2) is 0 Å². The van der Waals surface area contributed by atoms with Crippen molar-refractivity contribution < 1.29 is 13.9 Å². The molecular formula is C21H21NO3. The van der Waals surface area contributed by atoms with Crippen LogP contribution in [0.4, 0.5) is 0 Å². The van der Waals surface area contributed by atoms with Crippen LogP contribution in [0, 0.1) is 0 Å². The number of carbonyl (C=O) groups is 1. The quantitative estimate of drug-likeness (QED) is 0.674. The number of para-hydroxylation sites is 1. The zero-order valence-electron chi connectivity index (χ0n) is 14.0. The minimum Gasteiger partial charge on any atom is -0.489 e. The maximum atomic E-state index is 11.9. The molecule has 0 aliphatic heterocycles. The Labute approximate surface area is 147 Å². The minimum absolute atomic E-state index is 0.0212. The van der Waals surface area contributed by atoms with Crippen molar-refractivity contribution >= 4 is 5.91 Å². The Balaban J connectivity index is 1.40. The number of benzene rings is 2. The van der Waals surface area contributed by atoms with E-state index in [0.717, 1.165) is 22.6 Å². The number of furan rings is 1. The number of hydrogen-bond acceptors (Lipinski definition) is 3. The third-order valence-electron chi connectivity index (χ3n) is 3.84. The second-order valence-corrected chi connectivity index (χ2v) is 5.77. The molecule has 0 spiro atoms. The van der Waals surface area contributed by atoms with Gasteiger partial charge in [0.2, 0.25) is 5.91 Å². The summed E-state index contributed by atoms with van der Waals surface area (Å²) in [7, 11) is 0. The lowest BCUT2D eigenvalue weighted by molar-refractivity contribution is -0.121. The predicted octanol–water partition coefficient (Wildman–Crippen LogP) is 4.11. The van der Waals surface area contributed by atoms with E-state index in [1.54, 1.807) is 6.26 Å². The maximum Gasteiger partial charge on any atom is 0.220 e.